The lowest BCUT2D eigenvalue weighted by Gasteiger charge is -2.55. The van der Waals surface area contributed by atoms with E-state index in [0.29, 0.717) is 29.0 Å². The molecule has 0 aromatic heterocycles. The van der Waals surface area contributed by atoms with E-state index in [1.54, 1.807) is 19.1 Å². The van der Waals surface area contributed by atoms with Gasteiger partial charge in [-0.2, -0.15) is 0 Å². The van der Waals surface area contributed by atoms with Crippen LogP contribution in [-0.4, -0.2) is 32.7 Å². The number of aryl methyl sites for hydroxylation is 1. The average molecular weight is 377 g/mol. The van der Waals surface area contributed by atoms with Crippen molar-refractivity contribution in [3.8, 4) is 0 Å². The summed E-state index contributed by atoms with van der Waals surface area (Å²) >= 11 is 0. The van der Waals surface area contributed by atoms with Gasteiger partial charge >= 0.3 is 0 Å². The van der Waals surface area contributed by atoms with Crippen LogP contribution in [0.1, 0.15) is 44.1 Å². The summed E-state index contributed by atoms with van der Waals surface area (Å²) in [5.74, 6) is 2.20. The van der Waals surface area contributed by atoms with Crippen LogP contribution < -0.4 is 5.32 Å². The summed E-state index contributed by atoms with van der Waals surface area (Å²) in [4.78, 5) is 13.4. The second-order valence-electron chi connectivity index (χ2n) is 8.92. The molecule has 1 aromatic rings. The van der Waals surface area contributed by atoms with Gasteiger partial charge in [0.25, 0.3) is 0 Å². The van der Waals surface area contributed by atoms with Gasteiger partial charge in [-0.1, -0.05) is 6.07 Å². The van der Waals surface area contributed by atoms with Crippen LogP contribution in [0.4, 0.5) is 5.69 Å². The van der Waals surface area contributed by atoms with Crippen molar-refractivity contribution >= 4 is 21.6 Å². The molecule has 0 unspecified atom stereocenters. The third-order valence-corrected chi connectivity index (χ3v) is 8.68. The van der Waals surface area contributed by atoms with Crippen LogP contribution in [-0.2, 0) is 14.8 Å². The Labute approximate surface area is 156 Å². The van der Waals surface area contributed by atoms with Crippen molar-refractivity contribution < 1.29 is 13.2 Å². The molecule has 4 bridgehead atoms. The van der Waals surface area contributed by atoms with E-state index in [4.69, 9.17) is 0 Å². The summed E-state index contributed by atoms with van der Waals surface area (Å²) < 4.78 is 26.3. The number of carbonyl (C=O) groups excluding carboxylic acids is 1. The molecule has 4 saturated carbocycles. The smallest absolute Gasteiger partial charge is 0.242 e. The van der Waals surface area contributed by atoms with Crippen LogP contribution in [0.5, 0.6) is 0 Å². The molecular weight excluding hydrogens is 348 g/mol. The SMILES string of the molecule is Cc1ccc(NC(=O)C23CC4CC(CC(C4)C2)C3)cc1S(=O)(=O)N(C)C. The summed E-state index contributed by atoms with van der Waals surface area (Å²) in [6.45, 7) is 1.78. The minimum Gasteiger partial charge on any atom is -0.326 e. The average Bonchev–Trinajstić information content (AvgIpc) is 2.55. The first-order chi connectivity index (χ1) is 12.2. The zero-order valence-corrected chi connectivity index (χ0v) is 16.6. The Kier molecular flexibility index (Phi) is 4.19. The van der Waals surface area contributed by atoms with Gasteiger partial charge in [0, 0.05) is 19.8 Å². The first kappa shape index (κ1) is 18.0. The van der Waals surface area contributed by atoms with Gasteiger partial charge in [-0.15, -0.1) is 0 Å². The third-order valence-electron chi connectivity index (χ3n) is 6.72. The van der Waals surface area contributed by atoms with Gasteiger partial charge < -0.3 is 5.32 Å². The van der Waals surface area contributed by atoms with E-state index in [-0.39, 0.29) is 16.2 Å². The molecular formula is C20H28N2O3S. The molecule has 4 aliphatic rings. The van der Waals surface area contributed by atoms with Crippen molar-refractivity contribution in [1.82, 2.24) is 4.31 Å². The van der Waals surface area contributed by atoms with E-state index < -0.39 is 10.0 Å². The van der Waals surface area contributed by atoms with Crippen molar-refractivity contribution in [2.45, 2.75) is 50.3 Å². The van der Waals surface area contributed by atoms with Gasteiger partial charge in [-0.25, -0.2) is 12.7 Å². The Bertz CT molecular complexity index is 809. The number of sulfonamides is 1. The predicted octanol–water partition coefficient (Wildman–Crippen LogP) is 3.40. The number of hydrogen-bond acceptors (Lipinski definition) is 3. The highest BCUT2D eigenvalue weighted by molar-refractivity contribution is 7.89. The summed E-state index contributed by atoms with van der Waals surface area (Å²) in [6, 6.07) is 5.18. The molecule has 1 amide bonds. The first-order valence-electron chi connectivity index (χ1n) is 9.54. The summed E-state index contributed by atoms with van der Waals surface area (Å²) in [6.07, 6.45) is 6.88. The highest BCUT2D eigenvalue weighted by Crippen LogP contribution is 2.60. The first-order valence-corrected chi connectivity index (χ1v) is 11.0. The van der Waals surface area contributed by atoms with E-state index in [1.807, 2.05) is 6.07 Å². The maximum atomic E-state index is 13.2. The zero-order valence-electron chi connectivity index (χ0n) is 15.8. The topological polar surface area (TPSA) is 66.5 Å². The number of hydrogen-bond donors (Lipinski definition) is 1. The van der Waals surface area contributed by atoms with Gasteiger partial charge in [-0.05, 0) is 80.9 Å². The van der Waals surface area contributed by atoms with Gasteiger partial charge in [0.15, 0.2) is 0 Å². The standard InChI is InChI=1S/C20H28N2O3S/c1-13-4-5-17(9-18(13)26(24,25)22(2)3)21-19(23)20-10-14-6-15(11-20)8-16(7-14)12-20/h4-5,9,14-16H,6-8,10-12H2,1-3H3,(H,21,23). The number of benzene rings is 1. The van der Waals surface area contributed by atoms with Crippen molar-refractivity contribution in [3.05, 3.63) is 23.8 Å². The van der Waals surface area contributed by atoms with E-state index in [1.165, 1.54) is 37.7 Å². The molecule has 0 aliphatic heterocycles. The number of nitrogens with one attached hydrogen (secondary N) is 1. The van der Waals surface area contributed by atoms with E-state index in [0.717, 1.165) is 19.3 Å². The monoisotopic (exact) mass is 376 g/mol. The normalized spacial score (nSPS) is 32.8. The molecule has 6 heteroatoms. The largest absolute Gasteiger partial charge is 0.326 e. The van der Waals surface area contributed by atoms with Crippen molar-refractivity contribution in [2.24, 2.45) is 23.2 Å². The number of nitrogens with zero attached hydrogens (tertiary/aromatic N) is 1. The Morgan fingerprint density at radius 2 is 1.62 bits per heavy atom. The quantitative estimate of drug-likeness (QED) is 0.876. The molecule has 0 radical (unpaired) electrons. The summed E-state index contributed by atoms with van der Waals surface area (Å²) in [5.41, 5.74) is 1.03. The van der Waals surface area contributed by atoms with Crippen LogP contribution in [0.2, 0.25) is 0 Å². The molecule has 4 aliphatic carbocycles. The van der Waals surface area contributed by atoms with Crippen molar-refractivity contribution in [1.29, 1.82) is 0 Å². The van der Waals surface area contributed by atoms with Crippen LogP contribution in [0.3, 0.4) is 0 Å². The maximum Gasteiger partial charge on any atom is 0.242 e. The highest BCUT2D eigenvalue weighted by atomic mass is 32.2. The molecule has 4 fully saturated rings. The van der Waals surface area contributed by atoms with Crippen molar-refractivity contribution in [3.63, 3.8) is 0 Å². The number of carbonyl (C=O) groups is 1. The molecule has 5 rings (SSSR count). The molecule has 5 nitrogen and oxygen atoms in total. The minimum absolute atomic E-state index is 0.0913. The molecule has 26 heavy (non-hydrogen) atoms. The Balaban J connectivity index is 1.59. The van der Waals surface area contributed by atoms with Crippen LogP contribution in [0, 0.1) is 30.1 Å². The number of rotatable bonds is 4. The molecule has 0 heterocycles. The van der Waals surface area contributed by atoms with Crippen LogP contribution >= 0.6 is 0 Å². The summed E-state index contributed by atoms with van der Waals surface area (Å²) in [5, 5.41) is 3.06. The van der Waals surface area contributed by atoms with E-state index in [9.17, 15) is 13.2 Å². The van der Waals surface area contributed by atoms with Gasteiger partial charge in [0.1, 0.15) is 0 Å². The fourth-order valence-corrected chi connectivity index (χ4v) is 6.95. The second-order valence-corrected chi connectivity index (χ2v) is 11.0. The molecule has 0 spiro atoms. The molecule has 0 atom stereocenters. The predicted molar refractivity (Wildman–Crippen MR) is 101 cm³/mol. The fraction of sp³-hybridized carbons (Fsp3) is 0.650. The summed E-state index contributed by atoms with van der Waals surface area (Å²) in [7, 11) is -0.482. The van der Waals surface area contributed by atoms with Crippen LogP contribution in [0.25, 0.3) is 0 Å². The van der Waals surface area contributed by atoms with Gasteiger partial charge in [0.05, 0.1) is 10.3 Å². The van der Waals surface area contributed by atoms with Crippen LogP contribution in [0.15, 0.2) is 23.1 Å². The Hall–Kier alpha value is -1.40. The number of anilines is 1. The lowest BCUT2D eigenvalue weighted by atomic mass is 9.49. The minimum atomic E-state index is -3.53. The van der Waals surface area contributed by atoms with Gasteiger partial charge in [0.2, 0.25) is 15.9 Å². The molecule has 1 N–H and O–H groups in total. The van der Waals surface area contributed by atoms with E-state index >= 15 is 0 Å². The third kappa shape index (κ3) is 2.87. The lowest BCUT2D eigenvalue weighted by Crippen LogP contribution is -2.51. The fourth-order valence-electron chi connectivity index (χ4n) is 5.80. The maximum absolute atomic E-state index is 13.2. The molecule has 142 valence electrons. The Morgan fingerprint density at radius 3 is 2.12 bits per heavy atom. The van der Waals surface area contributed by atoms with E-state index in [2.05, 4.69) is 5.32 Å². The highest BCUT2D eigenvalue weighted by Gasteiger charge is 2.54. The lowest BCUT2D eigenvalue weighted by molar-refractivity contribution is -0.140. The zero-order chi connectivity index (χ0) is 18.7. The molecule has 0 saturated heterocycles. The molecule has 1 aromatic carbocycles. The Morgan fingerprint density at radius 1 is 1.08 bits per heavy atom. The second kappa shape index (κ2) is 6.06. The number of amides is 1. The van der Waals surface area contributed by atoms with Crippen molar-refractivity contribution in [2.75, 3.05) is 19.4 Å². The van der Waals surface area contributed by atoms with Gasteiger partial charge in [-0.3, -0.25) is 4.79 Å².